The van der Waals surface area contributed by atoms with Gasteiger partial charge in [-0.25, -0.2) is 9.37 Å². The number of likely N-dealkylation sites (N-methyl/N-ethyl adjacent to an activating group) is 1. The van der Waals surface area contributed by atoms with E-state index in [0.29, 0.717) is 38.2 Å². The van der Waals surface area contributed by atoms with E-state index in [2.05, 4.69) is 66.9 Å². The van der Waals surface area contributed by atoms with Crippen LogP contribution in [-0.4, -0.2) is 80.2 Å². The molecule has 2 aliphatic rings. The van der Waals surface area contributed by atoms with Gasteiger partial charge in [0, 0.05) is 49.4 Å². The maximum Gasteiger partial charge on any atom is 0.282 e. The molecule has 0 radical (unpaired) electrons. The Bertz CT molecular complexity index is 1640. The summed E-state index contributed by atoms with van der Waals surface area (Å²) >= 11 is 0. The number of ether oxygens (including phenoxy) is 1. The number of carbonyl (C=O) groups excluding carboxylic acids is 1. The quantitative estimate of drug-likeness (QED) is 0.363. The van der Waals surface area contributed by atoms with Gasteiger partial charge in [0.1, 0.15) is 18.2 Å². The number of nitrogens with zero attached hydrogens (tertiary/aromatic N) is 7. The molecule has 2 aliphatic heterocycles. The summed E-state index contributed by atoms with van der Waals surface area (Å²) in [5, 5.41) is 22.3. The monoisotopic (exact) mass is 581 g/mol. The van der Waals surface area contributed by atoms with Crippen LogP contribution >= 0.6 is 0 Å². The van der Waals surface area contributed by atoms with Crippen molar-refractivity contribution in [1.29, 1.82) is 10.5 Å². The van der Waals surface area contributed by atoms with Gasteiger partial charge >= 0.3 is 0 Å². The first kappa shape index (κ1) is 29.8. The summed E-state index contributed by atoms with van der Waals surface area (Å²) in [6, 6.07) is 16.6. The Morgan fingerprint density at radius 3 is 2.63 bits per heavy atom. The summed E-state index contributed by atoms with van der Waals surface area (Å²) < 4.78 is 20.0. The normalized spacial score (nSPS) is 16.5. The number of aryl methyl sites for hydroxylation is 1. The number of halogens is 1. The molecule has 43 heavy (non-hydrogen) atoms. The number of piperazine rings is 1. The van der Waals surface area contributed by atoms with Crippen LogP contribution in [0.25, 0.3) is 10.8 Å². The van der Waals surface area contributed by atoms with Crippen LogP contribution in [0.1, 0.15) is 28.8 Å². The predicted molar refractivity (Wildman–Crippen MR) is 165 cm³/mol. The second-order valence-corrected chi connectivity index (χ2v) is 11.3. The van der Waals surface area contributed by atoms with Crippen molar-refractivity contribution in [3.63, 3.8) is 0 Å². The number of anilines is 2. The average molecular weight is 582 g/mol. The molecule has 222 valence electrons. The van der Waals surface area contributed by atoms with Crippen molar-refractivity contribution in [3.05, 3.63) is 71.2 Å². The van der Waals surface area contributed by atoms with Crippen LogP contribution in [0.4, 0.5) is 15.8 Å². The van der Waals surface area contributed by atoms with E-state index < -0.39 is 17.8 Å². The van der Waals surface area contributed by atoms with Crippen molar-refractivity contribution < 1.29 is 13.9 Å². The van der Waals surface area contributed by atoms with Crippen LogP contribution < -0.4 is 14.5 Å². The van der Waals surface area contributed by atoms with Gasteiger partial charge in [0.15, 0.2) is 5.83 Å². The molecule has 0 N–H and O–H groups in total. The lowest BCUT2D eigenvalue weighted by molar-refractivity contribution is -0.131. The molecule has 1 amide bonds. The van der Waals surface area contributed by atoms with Gasteiger partial charge in [-0.1, -0.05) is 36.9 Å². The molecule has 0 saturated carbocycles. The summed E-state index contributed by atoms with van der Waals surface area (Å²) in [5.74, 6) is -1.57. The zero-order valence-electron chi connectivity index (χ0n) is 24.9. The first-order chi connectivity index (χ1) is 20.7. The predicted octanol–water partition coefficient (Wildman–Crippen LogP) is 4.33. The van der Waals surface area contributed by atoms with E-state index in [1.807, 2.05) is 23.9 Å². The third-order valence-electron chi connectivity index (χ3n) is 8.23. The largest absolute Gasteiger partial charge is 0.475 e. The lowest BCUT2D eigenvalue weighted by atomic mass is 9.95. The van der Waals surface area contributed by atoms with Crippen molar-refractivity contribution in [2.45, 2.75) is 32.4 Å². The zero-order chi connectivity index (χ0) is 30.7. The maximum absolute atomic E-state index is 13.8. The van der Waals surface area contributed by atoms with E-state index in [0.717, 1.165) is 29.2 Å². The van der Waals surface area contributed by atoms with Crippen LogP contribution in [0.5, 0.6) is 5.88 Å². The smallest absolute Gasteiger partial charge is 0.282 e. The molecule has 1 aromatic heterocycles. The Morgan fingerprint density at radius 2 is 1.93 bits per heavy atom. The fraction of sp³-hybridized carbons (Fsp3) is 0.394. The number of aromatic nitrogens is 1. The first-order valence-corrected chi connectivity index (χ1v) is 14.5. The van der Waals surface area contributed by atoms with E-state index in [1.165, 1.54) is 21.2 Å². The van der Waals surface area contributed by atoms with Crippen molar-refractivity contribution in [2.75, 3.05) is 63.2 Å². The highest BCUT2D eigenvalue weighted by molar-refractivity contribution is 5.97. The van der Waals surface area contributed by atoms with Gasteiger partial charge < -0.3 is 24.3 Å². The maximum atomic E-state index is 13.8. The Morgan fingerprint density at radius 1 is 1.16 bits per heavy atom. The van der Waals surface area contributed by atoms with E-state index in [-0.39, 0.29) is 25.4 Å². The number of benzene rings is 2. The topological polar surface area (TPSA) is 99.7 Å². The standard InChI is InChI=1S/C33H36FN7O2/c1-22-7-5-8-24-9-6-10-29(30(22)24)39-14-12-26-28(21-39)37-32(43-18-17-38(3)4)27(19-36)31(26)40-15-16-41(33(42)23(2)34)25(20-40)11-13-35/h5-10,25H,2,11-12,14-18,20-21H2,1,3-4H3/t25-/m0/s1. The number of hydrogen-bond acceptors (Lipinski definition) is 8. The molecule has 9 nitrogen and oxygen atoms in total. The number of pyridine rings is 1. The van der Waals surface area contributed by atoms with Crippen LogP contribution in [0, 0.1) is 29.6 Å². The number of rotatable bonds is 8. The zero-order valence-corrected chi connectivity index (χ0v) is 24.9. The number of hydrogen-bond donors (Lipinski definition) is 0. The van der Waals surface area contributed by atoms with Crippen molar-refractivity contribution in [1.82, 2.24) is 14.8 Å². The number of carbonyl (C=O) groups is 1. The minimum Gasteiger partial charge on any atom is -0.475 e. The van der Waals surface area contributed by atoms with Crippen molar-refractivity contribution >= 4 is 28.1 Å². The van der Waals surface area contributed by atoms with Gasteiger partial charge in [-0.05, 0) is 44.5 Å². The summed E-state index contributed by atoms with van der Waals surface area (Å²) in [6.07, 6.45) is 0.682. The molecule has 1 fully saturated rings. The molecular formula is C33H36FN7O2. The van der Waals surface area contributed by atoms with Crippen LogP contribution in [0.15, 0.2) is 48.8 Å². The van der Waals surface area contributed by atoms with E-state index >= 15 is 0 Å². The molecule has 3 aromatic rings. The Kier molecular flexibility index (Phi) is 8.79. The molecule has 1 atom stereocenters. The fourth-order valence-corrected chi connectivity index (χ4v) is 6.15. The summed E-state index contributed by atoms with van der Waals surface area (Å²) in [5.41, 5.74) is 5.21. The van der Waals surface area contributed by atoms with Crippen molar-refractivity contribution in [3.8, 4) is 18.0 Å². The molecular weight excluding hydrogens is 545 g/mol. The highest BCUT2D eigenvalue weighted by atomic mass is 19.1. The molecule has 1 saturated heterocycles. The van der Waals surface area contributed by atoms with E-state index in [4.69, 9.17) is 9.72 Å². The molecule has 0 spiro atoms. The molecule has 2 aromatic carbocycles. The van der Waals surface area contributed by atoms with Gasteiger partial charge in [0.25, 0.3) is 5.91 Å². The minimum absolute atomic E-state index is 0.0328. The number of nitriles is 2. The minimum atomic E-state index is -1.05. The highest BCUT2D eigenvalue weighted by Crippen LogP contribution is 2.40. The van der Waals surface area contributed by atoms with Gasteiger partial charge in [-0.15, -0.1) is 0 Å². The van der Waals surface area contributed by atoms with Crippen molar-refractivity contribution in [2.24, 2.45) is 0 Å². The van der Waals surface area contributed by atoms with Gasteiger partial charge in [0.2, 0.25) is 5.88 Å². The molecule has 3 heterocycles. The lowest BCUT2D eigenvalue weighted by Gasteiger charge is -2.43. The van der Waals surface area contributed by atoms with E-state index in [9.17, 15) is 19.7 Å². The number of fused-ring (bicyclic) bond motifs is 2. The van der Waals surface area contributed by atoms with E-state index in [1.54, 1.807) is 0 Å². The van der Waals surface area contributed by atoms with Gasteiger partial charge in [-0.2, -0.15) is 10.5 Å². The molecule has 0 aliphatic carbocycles. The summed E-state index contributed by atoms with van der Waals surface area (Å²) in [7, 11) is 3.90. The van der Waals surface area contributed by atoms with Crippen LogP contribution in [-0.2, 0) is 17.8 Å². The van der Waals surface area contributed by atoms with Crippen LogP contribution in [0.3, 0.4) is 0 Å². The second kappa shape index (κ2) is 12.7. The summed E-state index contributed by atoms with van der Waals surface area (Å²) in [4.78, 5) is 25.2. The first-order valence-electron chi connectivity index (χ1n) is 14.5. The Hall–Kier alpha value is -4.67. The molecule has 10 heteroatoms. The Labute approximate surface area is 252 Å². The average Bonchev–Trinajstić information content (AvgIpc) is 2.99. The third-order valence-corrected chi connectivity index (χ3v) is 8.23. The Balaban J connectivity index is 1.56. The SMILES string of the molecule is C=C(F)C(=O)N1CCN(c2c(C#N)c(OCCN(C)C)nc3c2CCN(c2cccc4cccc(C)c24)C3)C[C@@H]1CC#N. The van der Waals surface area contributed by atoms with Crippen LogP contribution in [0.2, 0.25) is 0 Å². The fourth-order valence-electron chi connectivity index (χ4n) is 6.15. The second-order valence-electron chi connectivity index (χ2n) is 11.3. The third kappa shape index (κ3) is 5.97. The lowest BCUT2D eigenvalue weighted by Crippen LogP contribution is -2.55. The number of amides is 1. The molecule has 0 unspecified atom stereocenters. The van der Waals surface area contributed by atoms with Gasteiger partial charge in [0.05, 0.1) is 36.5 Å². The molecule has 0 bridgehead atoms. The molecule has 5 rings (SSSR count). The highest BCUT2D eigenvalue weighted by Gasteiger charge is 2.36. The summed E-state index contributed by atoms with van der Waals surface area (Å²) in [6.45, 7) is 8.41. The van der Waals surface area contributed by atoms with Gasteiger partial charge in [-0.3, -0.25) is 4.79 Å².